The van der Waals surface area contributed by atoms with Gasteiger partial charge in [0.2, 0.25) is 5.95 Å². The van der Waals surface area contributed by atoms with Gasteiger partial charge in [-0.15, -0.1) is 0 Å². The van der Waals surface area contributed by atoms with E-state index in [0.29, 0.717) is 11.4 Å². The van der Waals surface area contributed by atoms with E-state index in [2.05, 4.69) is 55.3 Å². The predicted octanol–water partition coefficient (Wildman–Crippen LogP) is 3.86. The van der Waals surface area contributed by atoms with Crippen LogP contribution in [0.25, 0.3) is 11.1 Å². The van der Waals surface area contributed by atoms with Gasteiger partial charge in [-0.3, -0.25) is 19.7 Å². The van der Waals surface area contributed by atoms with Crippen LogP contribution in [-0.4, -0.2) is 44.6 Å². The van der Waals surface area contributed by atoms with E-state index in [4.69, 9.17) is 5.73 Å². The molecule has 3 N–H and O–H groups in total. The summed E-state index contributed by atoms with van der Waals surface area (Å²) in [5.74, 6) is 0.683. The number of likely N-dealkylation sites (tertiary alicyclic amines) is 1. The maximum absolute atomic E-state index is 13.0. The van der Waals surface area contributed by atoms with Gasteiger partial charge in [-0.2, -0.15) is 0 Å². The highest BCUT2D eigenvalue weighted by Gasteiger charge is 2.27. The van der Waals surface area contributed by atoms with Crippen LogP contribution in [0.15, 0.2) is 54.0 Å². The molecule has 2 aromatic heterocycles. The molecule has 5 rings (SSSR count). The van der Waals surface area contributed by atoms with Crippen molar-refractivity contribution in [3.8, 4) is 11.1 Å². The molecular formula is C26H29N7O. The lowest BCUT2D eigenvalue weighted by Crippen LogP contribution is -2.32. The van der Waals surface area contributed by atoms with Gasteiger partial charge < -0.3 is 11.1 Å². The van der Waals surface area contributed by atoms with Crippen LogP contribution >= 0.6 is 0 Å². The van der Waals surface area contributed by atoms with Gasteiger partial charge in [0.05, 0.1) is 24.1 Å². The van der Waals surface area contributed by atoms with E-state index in [1.165, 1.54) is 30.8 Å². The molecule has 1 saturated heterocycles. The molecule has 2 aliphatic heterocycles. The molecule has 0 aliphatic carbocycles. The number of nitrogen functional groups attached to an aromatic ring is 1. The number of carbonyl (C=O) groups is 1. The second-order valence-electron chi connectivity index (χ2n) is 9.28. The van der Waals surface area contributed by atoms with Crippen LogP contribution in [0.1, 0.15) is 49.4 Å². The molecular weight excluding hydrogens is 426 g/mol. The predicted molar refractivity (Wildman–Crippen MR) is 133 cm³/mol. The molecule has 0 bridgehead atoms. The van der Waals surface area contributed by atoms with Crippen molar-refractivity contribution < 1.29 is 4.79 Å². The first-order chi connectivity index (χ1) is 16.5. The lowest BCUT2D eigenvalue weighted by molar-refractivity contribution is -0.110. The van der Waals surface area contributed by atoms with Crippen LogP contribution in [0.4, 0.5) is 11.6 Å². The smallest absolute Gasteiger partial charge is 0.274 e. The Morgan fingerprint density at radius 2 is 1.82 bits per heavy atom. The van der Waals surface area contributed by atoms with Gasteiger partial charge in [-0.05, 0) is 67.6 Å². The fourth-order valence-corrected chi connectivity index (χ4v) is 4.62. The first-order valence-corrected chi connectivity index (χ1v) is 11.7. The number of carbonyl (C=O) groups excluding carboxylic acids is 1. The number of pyridine rings is 1. The van der Waals surface area contributed by atoms with Gasteiger partial charge in [0, 0.05) is 30.1 Å². The topological polar surface area (TPSA) is 109 Å². The largest absolute Gasteiger partial charge is 0.368 e. The number of amides is 1. The molecule has 34 heavy (non-hydrogen) atoms. The Morgan fingerprint density at radius 3 is 2.59 bits per heavy atom. The molecule has 1 unspecified atom stereocenters. The zero-order chi connectivity index (χ0) is 23.7. The minimum absolute atomic E-state index is 0.0848. The molecule has 4 heterocycles. The highest BCUT2D eigenvalue weighted by atomic mass is 16.1. The number of nitrogens with zero attached hydrogens (tertiary/aromatic N) is 5. The third-order valence-electron chi connectivity index (χ3n) is 6.64. The number of piperidine rings is 1. The van der Waals surface area contributed by atoms with Crippen molar-refractivity contribution in [2.24, 2.45) is 10.9 Å². The Morgan fingerprint density at radius 1 is 1.06 bits per heavy atom. The van der Waals surface area contributed by atoms with Gasteiger partial charge in [-0.1, -0.05) is 19.1 Å². The summed E-state index contributed by atoms with van der Waals surface area (Å²) >= 11 is 0. The van der Waals surface area contributed by atoms with Crippen LogP contribution in [0.3, 0.4) is 0 Å². The summed E-state index contributed by atoms with van der Waals surface area (Å²) in [6.45, 7) is 7.50. The number of hydrogen-bond acceptors (Lipinski definition) is 7. The third-order valence-corrected chi connectivity index (χ3v) is 6.64. The molecule has 1 fully saturated rings. The normalized spacial score (nSPS) is 18.4. The summed E-state index contributed by atoms with van der Waals surface area (Å²) in [7, 11) is 0. The summed E-state index contributed by atoms with van der Waals surface area (Å²) in [5, 5.41) is 2.82. The van der Waals surface area contributed by atoms with Gasteiger partial charge >= 0.3 is 0 Å². The van der Waals surface area contributed by atoms with E-state index in [1.807, 2.05) is 25.4 Å². The second-order valence-corrected chi connectivity index (χ2v) is 9.28. The number of nitrogens with one attached hydrogen (secondary N) is 1. The second kappa shape index (κ2) is 9.30. The lowest BCUT2D eigenvalue weighted by Gasteiger charge is -2.30. The van der Waals surface area contributed by atoms with Gasteiger partial charge in [-0.25, -0.2) is 9.97 Å². The van der Waals surface area contributed by atoms with Crippen LogP contribution in [0.5, 0.6) is 0 Å². The highest BCUT2D eigenvalue weighted by molar-refractivity contribution is 6.50. The van der Waals surface area contributed by atoms with Gasteiger partial charge in [0.25, 0.3) is 5.91 Å². The molecule has 1 atom stereocenters. The zero-order valence-electron chi connectivity index (χ0n) is 19.5. The Balaban J connectivity index is 1.37. The van der Waals surface area contributed by atoms with Gasteiger partial charge in [0.1, 0.15) is 5.71 Å². The Hall–Kier alpha value is -3.65. The van der Waals surface area contributed by atoms with Crippen LogP contribution < -0.4 is 11.1 Å². The number of rotatable bonds is 5. The number of benzene rings is 1. The quantitative estimate of drug-likeness (QED) is 0.605. The molecule has 1 aromatic carbocycles. The number of aromatic nitrogens is 3. The summed E-state index contributed by atoms with van der Waals surface area (Å²) in [6, 6.07) is 8.30. The minimum Gasteiger partial charge on any atom is -0.368 e. The first kappa shape index (κ1) is 22.2. The standard InChI is InChI=1S/C26H29N7O/c1-16-5-7-33(8-6-16)15-18-9-20(12-28-11-18)19-3-4-22-17(2)31-24(23(22)10-19)25(34)32-21-13-29-26(27)30-14-21/h3-4,9-14,16-17H,5-8,15H2,1-2H3,(H,32,34)(H2,27,29,30). The van der Waals surface area contributed by atoms with Gasteiger partial charge in [0.15, 0.2) is 0 Å². The number of aliphatic imine (C=N–C) groups is 1. The molecule has 0 saturated carbocycles. The average molecular weight is 456 g/mol. The first-order valence-electron chi connectivity index (χ1n) is 11.7. The average Bonchev–Trinajstić information content (AvgIpc) is 3.18. The molecule has 0 radical (unpaired) electrons. The monoisotopic (exact) mass is 455 g/mol. The van der Waals surface area contributed by atoms with Crippen molar-refractivity contribution in [1.29, 1.82) is 0 Å². The molecule has 0 spiro atoms. The van der Waals surface area contributed by atoms with Crippen LogP contribution in [0, 0.1) is 5.92 Å². The van der Waals surface area contributed by atoms with Crippen LogP contribution in [0.2, 0.25) is 0 Å². The fraction of sp³-hybridized carbons (Fsp3) is 0.346. The van der Waals surface area contributed by atoms with E-state index in [1.54, 1.807) is 0 Å². The van der Waals surface area contributed by atoms with Crippen molar-refractivity contribution in [3.63, 3.8) is 0 Å². The SMILES string of the molecule is CC1CCN(Cc2cncc(-c3ccc4c(c3)C(C(=O)Nc3cnc(N)nc3)=NC4C)c2)CC1. The van der Waals surface area contributed by atoms with E-state index < -0.39 is 0 Å². The number of nitrogens with two attached hydrogens (primary N) is 1. The summed E-state index contributed by atoms with van der Waals surface area (Å²) in [6.07, 6.45) is 9.30. The van der Waals surface area contributed by atoms with Crippen molar-refractivity contribution in [2.75, 3.05) is 24.1 Å². The van der Waals surface area contributed by atoms with E-state index in [-0.39, 0.29) is 17.9 Å². The summed E-state index contributed by atoms with van der Waals surface area (Å²) < 4.78 is 0. The van der Waals surface area contributed by atoms with E-state index in [9.17, 15) is 4.79 Å². The fourth-order valence-electron chi connectivity index (χ4n) is 4.62. The van der Waals surface area contributed by atoms with Crippen molar-refractivity contribution in [3.05, 3.63) is 65.7 Å². The zero-order valence-corrected chi connectivity index (χ0v) is 19.5. The maximum Gasteiger partial charge on any atom is 0.274 e. The lowest BCUT2D eigenvalue weighted by atomic mass is 9.95. The number of anilines is 2. The molecule has 174 valence electrons. The van der Waals surface area contributed by atoms with Crippen molar-refractivity contribution in [2.45, 2.75) is 39.3 Å². The number of fused-ring (bicyclic) bond motifs is 1. The molecule has 2 aliphatic rings. The molecule has 3 aromatic rings. The van der Waals surface area contributed by atoms with E-state index >= 15 is 0 Å². The summed E-state index contributed by atoms with van der Waals surface area (Å²) in [5.41, 5.74) is 11.6. The Labute approximate surface area is 199 Å². The molecule has 8 heteroatoms. The Bertz CT molecular complexity index is 1230. The molecule has 1 amide bonds. The van der Waals surface area contributed by atoms with Crippen molar-refractivity contribution >= 4 is 23.3 Å². The van der Waals surface area contributed by atoms with E-state index in [0.717, 1.165) is 47.8 Å². The maximum atomic E-state index is 13.0. The number of hydrogen-bond donors (Lipinski definition) is 2. The molecule has 8 nitrogen and oxygen atoms in total. The summed E-state index contributed by atoms with van der Waals surface area (Å²) in [4.78, 5) is 32.5. The van der Waals surface area contributed by atoms with Crippen molar-refractivity contribution in [1.82, 2.24) is 19.9 Å². The minimum atomic E-state index is -0.290. The third kappa shape index (κ3) is 4.68. The van der Waals surface area contributed by atoms with Crippen LogP contribution in [-0.2, 0) is 11.3 Å². The highest BCUT2D eigenvalue weighted by Crippen LogP contribution is 2.33. The Kier molecular flexibility index (Phi) is 6.06.